The van der Waals surface area contributed by atoms with E-state index in [1.165, 1.54) is 11.1 Å². The van der Waals surface area contributed by atoms with Crippen LogP contribution in [0.1, 0.15) is 49.9 Å². The van der Waals surface area contributed by atoms with Crippen LogP contribution in [0.2, 0.25) is 0 Å². The van der Waals surface area contributed by atoms with Gasteiger partial charge in [0.15, 0.2) is 5.69 Å². The number of carbonyl (C=O) groups is 1. The highest BCUT2D eigenvalue weighted by molar-refractivity contribution is 6.04. The van der Waals surface area contributed by atoms with Crippen molar-refractivity contribution in [1.29, 1.82) is 0 Å². The van der Waals surface area contributed by atoms with E-state index in [0.717, 1.165) is 22.7 Å². The Morgan fingerprint density at radius 1 is 1.00 bits per heavy atom. The summed E-state index contributed by atoms with van der Waals surface area (Å²) in [6, 6.07) is 15.9. The predicted octanol–water partition coefficient (Wildman–Crippen LogP) is 5.29. The van der Waals surface area contributed by atoms with Crippen molar-refractivity contribution in [1.82, 2.24) is 14.9 Å². The van der Waals surface area contributed by atoms with Crippen LogP contribution in [0, 0.1) is 34.6 Å². The topological polar surface area (TPSA) is 82.2 Å². The largest absolute Gasteiger partial charge is 0.488 e. The van der Waals surface area contributed by atoms with Crippen molar-refractivity contribution >= 4 is 11.6 Å². The Morgan fingerprint density at radius 2 is 1.70 bits per heavy atom. The molecular formula is C26H28N4O3. The molecule has 170 valence electrons. The molecule has 2 aromatic carbocycles. The molecule has 7 nitrogen and oxygen atoms in total. The van der Waals surface area contributed by atoms with Gasteiger partial charge in [-0.25, -0.2) is 0 Å². The molecule has 0 aliphatic carbocycles. The first-order valence-corrected chi connectivity index (χ1v) is 10.9. The number of carbonyl (C=O) groups excluding carboxylic acids is 1. The van der Waals surface area contributed by atoms with Gasteiger partial charge in [-0.05, 0) is 57.4 Å². The fourth-order valence-corrected chi connectivity index (χ4v) is 3.76. The van der Waals surface area contributed by atoms with Gasteiger partial charge in [0.25, 0.3) is 5.91 Å². The molecule has 2 heterocycles. The summed E-state index contributed by atoms with van der Waals surface area (Å²) in [4.78, 5) is 13.1. The molecule has 2 aromatic heterocycles. The molecule has 0 aliphatic heterocycles. The molecule has 0 radical (unpaired) electrons. The first kappa shape index (κ1) is 22.3. The summed E-state index contributed by atoms with van der Waals surface area (Å²) >= 11 is 0. The minimum atomic E-state index is -0.350. The molecule has 0 saturated heterocycles. The van der Waals surface area contributed by atoms with Gasteiger partial charge in [-0.3, -0.25) is 9.48 Å². The van der Waals surface area contributed by atoms with Crippen LogP contribution in [-0.2, 0) is 13.2 Å². The number of anilines is 1. The van der Waals surface area contributed by atoms with E-state index in [-0.39, 0.29) is 18.2 Å². The highest BCUT2D eigenvalue weighted by Crippen LogP contribution is 2.24. The van der Waals surface area contributed by atoms with Crippen LogP contribution in [0.4, 0.5) is 5.69 Å². The molecular weight excluding hydrogens is 416 g/mol. The molecule has 0 fully saturated rings. The summed E-state index contributed by atoms with van der Waals surface area (Å²) in [6.45, 7) is 10.5. The van der Waals surface area contributed by atoms with Crippen LogP contribution in [0.3, 0.4) is 0 Å². The molecule has 7 heteroatoms. The second-order valence-corrected chi connectivity index (χ2v) is 8.20. The quantitative estimate of drug-likeness (QED) is 0.419. The van der Waals surface area contributed by atoms with Crippen molar-refractivity contribution in [3.8, 4) is 5.75 Å². The second-order valence-electron chi connectivity index (χ2n) is 8.20. The minimum Gasteiger partial charge on any atom is -0.488 e. The maximum Gasteiger partial charge on any atom is 0.278 e. The van der Waals surface area contributed by atoms with Crippen molar-refractivity contribution in [2.24, 2.45) is 0 Å². The highest BCUT2D eigenvalue weighted by atomic mass is 16.5. The SMILES string of the molecule is Cc1ccccc1Cn1nc(C)c(NC(=O)c2noc(C)c2COc2ccccc2C)c1C. The molecule has 1 amide bonds. The number of nitrogens with zero attached hydrogens (tertiary/aromatic N) is 3. The fourth-order valence-electron chi connectivity index (χ4n) is 3.76. The summed E-state index contributed by atoms with van der Waals surface area (Å²) in [5, 5.41) is 11.6. The Balaban J connectivity index is 1.53. The number of aromatic nitrogens is 3. The molecule has 33 heavy (non-hydrogen) atoms. The molecule has 0 atom stereocenters. The van der Waals surface area contributed by atoms with Gasteiger partial charge in [0.05, 0.1) is 29.2 Å². The number of nitrogens with one attached hydrogen (secondary N) is 1. The van der Waals surface area contributed by atoms with E-state index in [2.05, 4.69) is 34.6 Å². The third-order valence-electron chi connectivity index (χ3n) is 5.87. The Bertz CT molecular complexity index is 1300. The summed E-state index contributed by atoms with van der Waals surface area (Å²) in [5.41, 5.74) is 6.54. The first-order chi connectivity index (χ1) is 15.8. The summed E-state index contributed by atoms with van der Waals surface area (Å²) in [5.74, 6) is 0.961. The number of hydrogen-bond acceptors (Lipinski definition) is 5. The lowest BCUT2D eigenvalue weighted by atomic mass is 10.1. The van der Waals surface area contributed by atoms with Crippen molar-refractivity contribution in [2.45, 2.75) is 47.8 Å². The number of aryl methyl sites for hydroxylation is 4. The summed E-state index contributed by atoms with van der Waals surface area (Å²) in [7, 11) is 0. The van der Waals surface area contributed by atoms with Crippen LogP contribution in [0.5, 0.6) is 5.75 Å². The van der Waals surface area contributed by atoms with Gasteiger partial charge in [0.1, 0.15) is 18.1 Å². The van der Waals surface area contributed by atoms with Gasteiger partial charge in [-0.1, -0.05) is 47.6 Å². The zero-order valence-electron chi connectivity index (χ0n) is 19.6. The Morgan fingerprint density at radius 3 is 2.42 bits per heavy atom. The van der Waals surface area contributed by atoms with Crippen LogP contribution >= 0.6 is 0 Å². The normalized spacial score (nSPS) is 10.9. The van der Waals surface area contributed by atoms with E-state index in [1.807, 2.05) is 61.9 Å². The van der Waals surface area contributed by atoms with E-state index in [4.69, 9.17) is 9.26 Å². The third kappa shape index (κ3) is 4.67. The molecule has 0 saturated carbocycles. The van der Waals surface area contributed by atoms with Gasteiger partial charge in [0, 0.05) is 0 Å². The predicted molar refractivity (Wildman–Crippen MR) is 127 cm³/mol. The molecule has 4 rings (SSSR count). The monoisotopic (exact) mass is 444 g/mol. The zero-order valence-corrected chi connectivity index (χ0v) is 19.6. The van der Waals surface area contributed by atoms with Crippen LogP contribution in [0.25, 0.3) is 0 Å². The van der Waals surface area contributed by atoms with Gasteiger partial charge in [-0.2, -0.15) is 5.10 Å². The van der Waals surface area contributed by atoms with Crippen molar-refractivity contribution in [3.63, 3.8) is 0 Å². The Hall–Kier alpha value is -3.87. The van der Waals surface area contributed by atoms with E-state index in [0.29, 0.717) is 23.6 Å². The van der Waals surface area contributed by atoms with Gasteiger partial charge in [-0.15, -0.1) is 0 Å². The van der Waals surface area contributed by atoms with Crippen molar-refractivity contribution in [2.75, 3.05) is 5.32 Å². The van der Waals surface area contributed by atoms with Gasteiger partial charge < -0.3 is 14.6 Å². The lowest BCUT2D eigenvalue weighted by Gasteiger charge is -2.10. The summed E-state index contributed by atoms with van der Waals surface area (Å²) in [6.07, 6.45) is 0. The maximum absolute atomic E-state index is 13.1. The van der Waals surface area contributed by atoms with Gasteiger partial charge in [0.2, 0.25) is 0 Å². The molecule has 0 aliphatic rings. The van der Waals surface area contributed by atoms with E-state index < -0.39 is 0 Å². The van der Waals surface area contributed by atoms with Crippen LogP contribution in [-0.4, -0.2) is 20.8 Å². The molecule has 0 unspecified atom stereocenters. The lowest BCUT2D eigenvalue weighted by Crippen LogP contribution is -2.16. The maximum atomic E-state index is 13.1. The van der Waals surface area contributed by atoms with E-state index in [9.17, 15) is 4.79 Å². The molecule has 1 N–H and O–H groups in total. The lowest BCUT2D eigenvalue weighted by molar-refractivity contribution is 0.101. The smallest absolute Gasteiger partial charge is 0.278 e. The second kappa shape index (κ2) is 9.32. The Labute approximate surface area is 193 Å². The molecule has 0 spiro atoms. The van der Waals surface area contributed by atoms with E-state index in [1.54, 1.807) is 6.92 Å². The molecule has 0 bridgehead atoms. The van der Waals surface area contributed by atoms with Gasteiger partial charge >= 0.3 is 0 Å². The number of amides is 1. The molecule has 4 aromatic rings. The van der Waals surface area contributed by atoms with Crippen molar-refractivity contribution < 1.29 is 14.1 Å². The average molecular weight is 445 g/mol. The first-order valence-electron chi connectivity index (χ1n) is 10.9. The fraction of sp³-hybridized carbons (Fsp3) is 0.269. The number of ether oxygens (including phenoxy) is 1. The number of hydrogen-bond donors (Lipinski definition) is 1. The van der Waals surface area contributed by atoms with Crippen LogP contribution < -0.4 is 10.1 Å². The third-order valence-corrected chi connectivity index (χ3v) is 5.87. The minimum absolute atomic E-state index is 0.188. The van der Waals surface area contributed by atoms with Crippen molar-refractivity contribution in [3.05, 3.63) is 93.6 Å². The Kier molecular flexibility index (Phi) is 6.31. The standard InChI is InChI=1S/C26H28N4O3/c1-16-10-6-8-12-21(16)14-30-19(4)24(18(3)28-30)27-26(31)25-22(20(5)33-29-25)15-32-23-13-9-7-11-17(23)2/h6-13H,14-15H2,1-5H3,(H,27,31). The summed E-state index contributed by atoms with van der Waals surface area (Å²) < 4.78 is 13.2. The van der Waals surface area contributed by atoms with Crippen LogP contribution in [0.15, 0.2) is 53.1 Å². The average Bonchev–Trinajstić information content (AvgIpc) is 3.29. The zero-order chi connectivity index (χ0) is 23.5. The number of benzene rings is 2. The number of rotatable bonds is 7. The van der Waals surface area contributed by atoms with E-state index >= 15 is 0 Å². The highest BCUT2D eigenvalue weighted by Gasteiger charge is 2.23. The number of para-hydroxylation sites is 1.